The number of ether oxygens (including phenoxy) is 16. The van der Waals surface area contributed by atoms with Gasteiger partial charge in [-0.25, -0.2) is 4.79 Å². The first kappa shape index (κ1) is 79.6. The molecule has 0 aromatic rings. The number of carbonyl (C=O) groups is 5. The fraction of sp³-hybridized carbons (Fsp3) is 0.909. The Morgan fingerprint density at radius 1 is 0.404 bits per heavy atom. The Hall–Kier alpha value is -3.61. The summed E-state index contributed by atoms with van der Waals surface area (Å²) in [6.45, 7) is 1.46. The summed E-state index contributed by atoms with van der Waals surface area (Å²) in [6, 6.07) is -2.20. The standard InChI is InChI=1S/C55H100N4O30/c1-74-55(73)38(7-3-5-9-57-46(67)35-82-20-17-76-11-14-79-23-26-85-49-29-40(64)52(70)43(32-61)88-49)59-54(72)37(58-47(68)36-83-21-18-77-12-15-80-24-27-86-50-30-41(65)53(71)44(33-62)89-50)6-2-4-8-56-45(66)34-81-19-16-75-10-13-78-22-25-84-48-28-39(63)51(69)42(31-60)87-48/h37-44,48-53,60-65,69-71H,2-36H2,1H3,(H,56,66)(H,57,67)(H,58,68)(H,59,72). The molecule has 0 saturated carbocycles. The maximum Gasteiger partial charge on any atom is 0.328 e. The van der Waals surface area contributed by atoms with Gasteiger partial charge in [-0.15, -0.1) is 0 Å². The van der Waals surface area contributed by atoms with E-state index in [4.69, 9.17) is 75.8 Å². The molecular formula is C55H100N4O30. The highest BCUT2D eigenvalue weighted by Crippen LogP contribution is 2.23. The van der Waals surface area contributed by atoms with E-state index in [1.807, 2.05) is 0 Å². The predicted molar refractivity (Wildman–Crippen MR) is 302 cm³/mol. The number of esters is 1. The molecule has 3 rings (SSSR count). The number of hydrogen-bond acceptors (Lipinski definition) is 30. The van der Waals surface area contributed by atoms with E-state index in [0.29, 0.717) is 25.7 Å². The second kappa shape index (κ2) is 50.0. The van der Waals surface area contributed by atoms with Crippen molar-refractivity contribution < 1.29 is 146 Å². The average molecular weight is 1300 g/mol. The summed E-state index contributed by atoms with van der Waals surface area (Å²) < 4.78 is 86.6. The van der Waals surface area contributed by atoms with Crippen LogP contribution in [-0.2, 0) is 99.8 Å². The SMILES string of the molecule is COC(=O)C(CCCCNC(=O)COCCOCCOCCOC1CC(O)C(O)C(CO)O1)NC(=O)C(CCCCNC(=O)COCCOCCOCCOC1CC(O)C(O)C(CO)O1)NC(=O)COCCOCCOCCOC1CC(O)C(O)C(CO)O1. The Labute approximate surface area is 517 Å². The zero-order valence-corrected chi connectivity index (χ0v) is 50.9. The minimum absolute atomic E-state index is 0.0278. The quantitative estimate of drug-likeness (QED) is 0.0199. The van der Waals surface area contributed by atoms with Gasteiger partial charge in [0, 0.05) is 32.4 Å². The van der Waals surface area contributed by atoms with Crippen LogP contribution in [0.3, 0.4) is 0 Å². The van der Waals surface area contributed by atoms with E-state index in [2.05, 4.69) is 21.3 Å². The summed E-state index contributed by atoms with van der Waals surface area (Å²) in [5.41, 5.74) is 0. The number of rotatable bonds is 53. The summed E-state index contributed by atoms with van der Waals surface area (Å²) >= 11 is 0. The van der Waals surface area contributed by atoms with Crippen LogP contribution < -0.4 is 21.3 Å². The fourth-order valence-corrected chi connectivity index (χ4v) is 8.72. The first-order valence-electron chi connectivity index (χ1n) is 30.2. The van der Waals surface area contributed by atoms with Crippen molar-refractivity contribution in [3.63, 3.8) is 0 Å². The zero-order valence-electron chi connectivity index (χ0n) is 50.9. The largest absolute Gasteiger partial charge is 0.467 e. The molecule has 34 heteroatoms. The zero-order chi connectivity index (χ0) is 64.9. The molecule has 0 bridgehead atoms. The van der Waals surface area contributed by atoms with Crippen molar-refractivity contribution in [1.29, 1.82) is 0 Å². The van der Waals surface area contributed by atoms with Crippen molar-refractivity contribution in [2.24, 2.45) is 0 Å². The molecule has 3 fully saturated rings. The highest BCUT2D eigenvalue weighted by molar-refractivity contribution is 5.91. The summed E-state index contributed by atoms with van der Waals surface area (Å²) in [7, 11) is 1.17. The molecule has 3 aliphatic rings. The van der Waals surface area contributed by atoms with Gasteiger partial charge in [0.15, 0.2) is 18.9 Å². The van der Waals surface area contributed by atoms with Crippen LogP contribution >= 0.6 is 0 Å². The molecule has 3 aliphatic heterocycles. The first-order chi connectivity index (χ1) is 43.1. The van der Waals surface area contributed by atoms with Crippen molar-refractivity contribution in [2.75, 3.05) is 179 Å². The van der Waals surface area contributed by atoms with Crippen molar-refractivity contribution in [3.05, 3.63) is 0 Å². The third kappa shape index (κ3) is 35.9. The van der Waals surface area contributed by atoms with E-state index >= 15 is 0 Å². The van der Waals surface area contributed by atoms with Crippen LogP contribution in [0.2, 0.25) is 0 Å². The van der Waals surface area contributed by atoms with E-state index in [-0.39, 0.29) is 189 Å². The second-order valence-electron chi connectivity index (χ2n) is 20.6. The highest BCUT2D eigenvalue weighted by Gasteiger charge is 2.39. The van der Waals surface area contributed by atoms with Crippen molar-refractivity contribution >= 4 is 29.6 Å². The van der Waals surface area contributed by atoms with Crippen LogP contribution in [0.4, 0.5) is 0 Å². The Balaban J connectivity index is 1.30. The predicted octanol–water partition coefficient (Wildman–Crippen LogP) is -6.61. The van der Waals surface area contributed by atoms with E-state index in [9.17, 15) is 69.9 Å². The second-order valence-corrected chi connectivity index (χ2v) is 20.6. The summed E-state index contributed by atoms with van der Waals surface area (Å²) in [5, 5.41) is 97.8. The topological polar surface area (TPSA) is 463 Å². The Kier molecular flexibility index (Phi) is 44.7. The van der Waals surface area contributed by atoms with Gasteiger partial charge in [0.25, 0.3) is 0 Å². The molecular weight excluding hydrogens is 1200 g/mol. The Bertz CT molecular complexity index is 1860. The molecule has 3 saturated heterocycles. The molecule has 4 amide bonds. The molecule has 14 unspecified atom stereocenters. The number of aliphatic hydroxyl groups excluding tert-OH is 9. The molecule has 0 aromatic carbocycles. The summed E-state index contributed by atoms with van der Waals surface area (Å²) in [5.74, 6) is -2.76. The van der Waals surface area contributed by atoms with E-state index in [1.165, 1.54) is 7.11 Å². The van der Waals surface area contributed by atoms with Gasteiger partial charge in [0.2, 0.25) is 23.6 Å². The number of hydrogen-bond donors (Lipinski definition) is 13. The van der Waals surface area contributed by atoms with E-state index < -0.39 is 130 Å². The maximum atomic E-state index is 13.7. The van der Waals surface area contributed by atoms with Crippen molar-refractivity contribution in [3.8, 4) is 0 Å². The van der Waals surface area contributed by atoms with Crippen LogP contribution in [0.1, 0.15) is 57.8 Å². The van der Waals surface area contributed by atoms with Crippen LogP contribution in [-0.4, -0.2) is 340 Å². The van der Waals surface area contributed by atoms with Crippen LogP contribution in [0, 0.1) is 0 Å². The lowest BCUT2D eigenvalue weighted by atomic mass is 10.0. The number of unbranched alkanes of at least 4 members (excludes halogenated alkanes) is 2. The molecule has 14 atom stereocenters. The lowest BCUT2D eigenvalue weighted by Gasteiger charge is -2.35. The maximum absolute atomic E-state index is 13.7. The molecule has 34 nitrogen and oxygen atoms in total. The molecule has 13 N–H and O–H groups in total. The third-order valence-corrected chi connectivity index (χ3v) is 13.6. The highest BCUT2D eigenvalue weighted by atomic mass is 16.7. The molecule has 3 heterocycles. The number of aliphatic hydroxyl groups is 9. The summed E-state index contributed by atoms with van der Waals surface area (Å²) in [6.07, 6.45) is -10.0. The molecule has 89 heavy (non-hydrogen) atoms. The minimum atomic E-state index is -1.21. The van der Waals surface area contributed by atoms with Gasteiger partial charge < -0.3 is 143 Å². The molecule has 0 radical (unpaired) electrons. The van der Waals surface area contributed by atoms with Gasteiger partial charge in [0.05, 0.1) is 164 Å². The van der Waals surface area contributed by atoms with Gasteiger partial charge in [-0.1, -0.05) is 0 Å². The average Bonchev–Trinajstić information content (AvgIpc) is 3.28. The minimum Gasteiger partial charge on any atom is -0.467 e. The number of nitrogens with one attached hydrogen (secondary N) is 4. The normalized spacial score (nSPS) is 25.2. The Morgan fingerprint density at radius 2 is 0.708 bits per heavy atom. The summed E-state index contributed by atoms with van der Waals surface area (Å²) in [4.78, 5) is 64.4. The van der Waals surface area contributed by atoms with Crippen molar-refractivity contribution in [1.82, 2.24) is 21.3 Å². The lowest BCUT2D eigenvalue weighted by molar-refractivity contribution is -0.259. The molecule has 0 aromatic heterocycles. The van der Waals surface area contributed by atoms with Crippen LogP contribution in [0.25, 0.3) is 0 Å². The first-order valence-corrected chi connectivity index (χ1v) is 30.2. The molecule has 520 valence electrons. The number of methoxy groups -OCH3 is 1. The van der Waals surface area contributed by atoms with Crippen molar-refractivity contribution in [2.45, 2.75) is 144 Å². The van der Waals surface area contributed by atoms with Gasteiger partial charge in [-0.05, 0) is 38.5 Å². The van der Waals surface area contributed by atoms with Gasteiger partial charge in [-0.2, -0.15) is 0 Å². The fourth-order valence-electron chi connectivity index (χ4n) is 8.72. The number of amides is 4. The molecule has 0 aliphatic carbocycles. The van der Waals surface area contributed by atoms with Crippen LogP contribution in [0.15, 0.2) is 0 Å². The van der Waals surface area contributed by atoms with E-state index in [1.54, 1.807) is 0 Å². The van der Waals surface area contributed by atoms with E-state index in [0.717, 1.165) is 0 Å². The Morgan fingerprint density at radius 3 is 1.03 bits per heavy atom. The monoisotopic (exact) mass is 1300 g/mol. The van der Waals surface area contributed by atoms with Crippen LogP contribution in [0.5, 0.6) is 0 Å². The van der Waals surface area contributed by atoms with Gasteiger partial charge in [-0.3, -0.25) is 19.2 Å². The smallest absolute Gasteiger partial charge is 0.328 e. The lowest BCUT2D eigenvalue weighted by Crippen LogP contribution is -2.52. The van der Waals surface area contributed by atoms with Gasteiger partial charge >= 0.3 is 5.97 Å². The van der Waals surface area contributed by atoms with Gasteiger partial charge in [0.1, 0.15) is 68.5 Å². The third-order valence-electron chi connectivity index (χ3n) is 13.6. The molecule has 0 spiro atoms. The number of carbonyl (C=O) groups excluding carboxylic acids is 5.